The highest BCUT2D eigenvalue weighted by Gasteiger charge is 2.18. The Kier molecular flexibility index (Phi) is 3.80. The van der Waals surface area contributed by atoms with E-state index in [1.165, 1.54) is 0 Å². The Bertz CT molecular complexity index is 567. The van der Waals surface area contributed by atoms with Crippen LogP contribution in [0.3, 0.4) is 0 Å². The van der Waals surface area contributed by atoms with Gasteiger partial charge in [-0.15, -0.1) is 0 Å². The van der Waals surface area contributed by atoms with E-state index in [-0.39, 0.29) is 5.91 Å². The first-order chi connectivity index (χ1) is 9.11. The van der Waals surface area contributed by atoms with Gasteiger partial charge in [-0.1, -0.05) is 18.2 Å². The SMILES string of the molecule is CN(C)c1ncccc1C(=O)N(C)c1ccccc1. The molecule has 1 aromatic carbocycles. The predicted molar refractivity (Wildman–Crippen MR) is 77.7 cm³/mol. The molecule has 0 aliphatic rings. The minimum absolute atomic E-state index is 0.0667. The standard InChI is InChI=1S/C15H17N3O/c1-17(2)14-13(10-7-11-16-14)15(19)18(3)12-8-5-4-6-9-12/h4-11H,1-3H3. The van der Waals surface area contributed by atoms with Crippen LogP contribution >= 0.6 is 0 Å². The maximum absolute atomic E-state index is 12.5. The van der Waals surface area contributed by atoms with Crippen LogP contribution in [0, 0.1) is 0 Å². The summed E-state index contributed by atoms with van der Waals surface area (Å²) < 4.78 is 0. The largest absolute Gasteiger partial charge is 0.362 e. The summed E-state index contributed by atoms with van der Waals surface area (Å²) >= 11 is 0. The molecule has 0 saturated carbocycles. The van der Waals surface area contributed by atoms with E-state index in [4.69, 9.17) is 0 Å². The zero-order chi connectivity index (χ0) is 13.8. The molecule has 1 aromatic heterocycles. The van der Waals surface area contributed by atoms with Crippen LogP contribution in [0.4, 0.5) is 11.5 Å². The van der Waals surface area contributed by atoms with Crippen molar-refractivity contribution < 1.29 is 4.79 Å². The number of nitrogens with zero attached hydrogens (tertiary/aromatic N) is 3. The second kappa shape index (κ2) is 5.52. The Labute approximate surface area is 113 Å². The van der Waals surface area contributed by atoms with Crippen LogP contribution in [0.15, 0.2) is 48.7 Å². The van der Waals surface area contributed by atoms with E-state index in [1.807, 2.05) is 49.3 Å². The van der Waals surface area contributed by atoms with Crippen LogP contribution in [0.25, 0.3) is 0 Å². The minimum atomic E-state index is -0.0667. The molecule has 4 nitrogen and oxygen atoms in total. The quantitative estimate of drug-likeness (QED) is 0.845. The molecule has 0 fully saturated rings. The van der Waals surface area contributed by atoms with Crippen molar-refractivity contribution in [2.45, 2.75) is 0 Å². The summed E-state index contributed by atoms with van der Waals surface area (Å²) in [5.41, 5.74) is 1.46. The van der Waals surface area contributed by atoms with Crippen LogP contribution < -0.4 is 9.80 Å². The summed E-state index contributed by atoms with van der Waals surface area (Å²) in [5.74, 6) is 0.610. The van der Waals surface area contributed by atoms with E-state index in [1.54, 1.807) is 30.3 Å². The van der Waals surface area contributed by atoms with Crippen LogP contribution in [-0.2, 0) is 0 Å². The topological polar surface area (TPSA) is 36.4 Å². The Morgan fingerprint density at radius 2 is 1.68 bits per heavy atom. The smallest absolute Gasteiger partial charge is 0.261 e. The van der Waals surface area contributed by atoms with Crippen molar-refractivity contribution in [1.29, 1.82) is 0 Å². The number of amides is 1. The number of carbonyl (C=O) groups is 1. The fraction of sp³-hybridized carbons (Fsp3) is 0.200. The molecular weight excluding hydrogens is 238 g/mol. The average Bonchev–Trinajstić information content (AvgIpc) is 2.46. The lowest BCUT2D eigenvalue weighted by Crippen LogP contribution is -2.28. The Hall–Kier alpha value is -2.36. The summed E-state index contributed by atoms with van der Waals surface area (Å²) in [5, 5.41) is 0. The summed E-state index contributed by atoms with van der Waals surface area (Å²) in [7, 11) is 5.52. The highest BCUT2D eigenvalue weighted by molar-refractivity contribution is 6.08. The van der Waals surface area contributed by atoms with E-state index in [9.17, 15) is 4.79 Å². The van der Waals surface area contributed by atoms with Crippen LogP contribution in [0.5, 0.6) is 0 Å². The van der Waals surface area contributed by atoms with Gasteiger partial charge in [-0.2, -0.15) is 0 Å². The van der Waals surface area contributed by atoms with E-state index in [0.717, 1.165) is 5.69 Å². The van der Waals surface area contributed by atoms with Crippen molar-refractivity contribution in [3.8, 4) is 0 Å². The molecule has 0 unspecified atom stereocenters. The highest BCUT2D eigenvalue weighted by atomic mass is 16.2. The first-order valence-electron chi connectivity index (χ1n) is 6.06. The lowest BCUT2D eigenvalue weighted by Gasteiger charge is -2.21. The Morgan fingerprint density at radius 1 is 1.00 bits per heavy atom. The fourth-order valence-corrected chi connectivity index (χ4v) is 1.87. The number of carbonyl (C=O) groups excluding carboxylic acids is 1. The van der Waals surface area contributed by atoms with E-state index < -0.39 is 0 Å². The molecule has 0 aliphatic carbocycles. The zero-order valence-corrected chi connectivity index (χ0v) is 11.4. The maximum Gasteiger partial charge on any atom is 0.261 e. The van der Waals surface area contributed by atoms with Crippen molar-refractivity contribution in [3.05, 3.63) is 54.2 Å². The van der Waals surface area contributed by atoms with E-state index in [2.05, 4.69) is 4.98 Å². The third-order valence-corrected chi connectivity index (χ3v) is 2.89. The first-order valence-corrected chi connectivity index (χ1v) is 6.06. The summed E-state index contributed by atoms with van der Waals surface area (Å²) in [6.07, 6.45) is 1.69. The zero-order valence-electron chi connectivity index (χ0n) is 11.4. The third kappa shape index (κ3) is 2.73. The molecule has 0 N–H and O–H groups in total. The molecule has 0 radical (unpaired) electrons. The van der Waals surface area contributed by atoms with Gasteiger partial charge < -0.3 is 9.80 Å². The van der Waals surface area contributed by atoms with Gasteiger partial charge >= 0.3 is 0 Å². The minimum Gasteiger partial charge on any atom is -0.362 e. The number of pyridine rings is 1. The first kappa shape index (κ1) is 13.1. The van der Waals surface area contributed by atoms with E-state index in [0.29, 0.717) is 11.4 Å². The lowest BCUT2D eigenvalue weighted by atomic mass is 10.2. The van der Waals surface area contributed by atoms with Crippen LogP contribution in [0.2, 0.25) is 0 Å². The van der Waals surface area contributed by atoms with Gasteiger partial charge in [-0.05, 0) is 24.3 Å². The molecule has 0 saturated heterocycles. The number of aromatic nitrogens is 1. The molecule has 2 rings (SSSR count). The molecule has 1 amide bonds. The van der Waals surface area contributed by atoms with Crippen molar-refractivity contribution in [3.63, 3.8) is 0 Å². The number of benzene rings is 1. The molecule has 1 heterocycles. The lowest BCUT2D eigenvalue weighted by molar-refractivity contribution is 0.0993. The van der Waals surface area contributed by atoms with Gasteiger partial charge in [0.05, 0.1) is 5.56 Å². The number of anilines is 2. The summed E-state index contributed by atoms with van der Waals surface area (Å²) in [4.78, 5) is 20.3. The molecule has 0 atom stereocenters. The Morgan fingerprint density at radius 3 is 2.32 bits per heavy atom. The number of rotatable bonds is 3. The Balaban J connectivity index is 2.35. The second-order valence-electron chi connectivity index (χ2n) is 4.47. The number of para-hydroxylation sites is 1. The molecular formula is C15H17N3O. The number of hydrogen-bond acceptors (Lipinski definition) is 3. The van der Waals surface area contributed by atoms with Crippen molar-refractivity contribution >= 4 is 17.4 Å². The van der Waals surface area contributed by atoms with E-state index >= 15 is 0 Å². The van der Waals surface area contributed by atoms with Crippen LogP contribution in [0.1, 0.15) is 10.4 Å². The normalized spacial score (nSPS) is 10.1. The van der Waals surface area contributed by atoms with Crippen molar-refractivity contribution in [1.82, 2.24) is 4.98 Å². The predicted octanol–water partition coefficient (Wildman–Crippen LogP) is 2.42. The monoisotopic (exact) mass is 255 g/mol. The molecule has 0 bridgehead atoms. The van der Waals surface area contributed by atoms with Gasteiger partial charge in [0.2, 0.25) is 0 Å². The van der Waals surface area contributed by atoms with Gasteiger partial charge in [-0.25, -0.2) is 4.98 Å². The van der Waals surface area contributed by atoms with Crippen molar-refractivity contribution in [2.24, 2.45) is 0 Å². The van der Waals surface area contributed by atoms with Gasteiger partial charge in [0.25, 0.3) is 5.91 Å². The molecule has 19 heavy (non-hydrogen) atoms. The molecule has 4 heteroatoms. The van der Waals surface area contributed by atoms with Gasteiger partial charge in [-0.3, -0.25) is 4.79 Å². The third-order valence-electron chi connectivity index (χ3n) is 2.89. The average molecular weight is 255 g/mol. The van der Waals surface area contributed by atoms with Gasteiger partial charge in [0, 0.05) is 33.0 Å². The van der Waals surface area contributed by atoms with Crippen molar-refractivity contribution in [2.75, 3.05) is 30.9 Å². The fourth-order valence-electron chi connectivity index (χ4n) is 1.87. The second-order valence-corrected chi connectivity index (χ2v) is 4.47. The molecule has 98 valence electrons. The molecule has 0 aliphatic heterocycles. The highest BCUT2D eigenvalue weighted by Crippen LogP contribution is 2.20. The number of hydrogen-bond donors (Lipinski definition) is 0. The van der Waals surface area contributed by atoms with Crippen LogP contribution in [-0.4, -0.2) is 32.0 Å². The summed E-state index contributed by atoms with van der Waals surface area (Å²) in [6, 6.07) is 13.1. The maximum atomic E-state index is 12.5. The van der Waals surface area contributed by atoms with Gasteiger partial charge in [0.15, 0.2) is 0 Å². The van der Waals surface area contributed by atoms with Gasteiger partial charge in [0.1, 0.15) is 5.82 Å². The molecule has 2 aromatic rings. The summed E-state index contributed by atoms with van der Waals surface area (Å²) in [6.45, 7) is 0. The molecule has 0 spiro atoms.